The Bertz CT molecular complexity index is 3180. The smallest absolute Gasteiger partial charge is 0.101 e. The molecule has 0 unspecified atom stereocenters. The highest BCUT2D eigenvalue weighted by Crippen LogP contribution is 2.46. The third-order valence-corrected chi connectivity index (χ3v) is 11.2. The lowest BCUT2D eigenvalue weighted by Gasteiger charge is -2.18. The van der Waals surface area contributed by atoms with Crippen molar-refractivity contribution in [3.8, 4) is 55.9 Å². The van der Waals surface area contributed by atoms with Crippen LogP contribution in [0.25, 0.3) is 105 Å². The van der Waals surface area contributed by atoms with Gasteiger partial charge in [0.05, 0.1) is 11.2 Å². The van der Waals surface area contributed by atoms with Gasteiger partial charge in [-0.15, -0.1) is 0 Å². The van der Waals surface area contributed by atoms with Crippen LogP contribution in [0.1, 0.15) is 0 Å². The molecule has 55 heavy (non-hydrogen) atoms. The van der Waals surface area contributed by atoms with Crippen LogP contribution in [-0.4, -0.2) is 9.61 Å². The highest BCUT2D eigenvalue weighted by molar-refractivity contribution is 6.25. The van der Waals surface area contributed by atoms with Crippen molar-refractivity contribution in [2.24, 2.45) is 0 Å². The maximum atomic E-state index is 5.53. The number of hydrogen-bond acceptors (Lipinski definition) is 1. The third-order valence-electron chi connectivity index (χ3n) is 11.2. The number of hydrogen-bond donors (Lipinski definition) is 0. The van der Waals surface area contributed by atoms with Crippen LogP contribution in [0.4, 0.5) is 0 Å². The van der Waals surface area contributed by atoms with Crippen molar-refractivity contribution >= 4 is 48.6 Å². The number of rotatable bonds is 5. The first kappa shape index (κ1) is 31.3. The number of aromatic nitrogens is 2. The van der Waals surface area contributed by atoms with Gasteiger partial charge >= 0.3 is 0 Å². The molecule has 9 aromatic carbocycles. The van der Waals surface area contributed by atoms with Gasteiger partial charge in [0.1, 0.15) is 5.69 Å². The predicted octanol–water partition coefficient (Wildman–Crippen LogP) is 14.3. The van der Waals surface area contributed by atoms with E-state index >= 15 is 0 Å². The predicted molar refractivity (Wildman–Crippen MR) is 232 cm³/mol. The zero-order valence-electron chi connectivity index (χ0n) is 30.0. The van der Waals surface area contributed by atoms with E-state index in [1.165, 1.54) is 59.8 Å². The molecule has 11 aromatic rings. The summed E-state index contributed by atoms with van der Waals surface area (Å²) in [5.41, 5.74) is 12.4. The average Bonchev–Trinajstić information content (AvgIpc) is 3.68. The van der Waals surface area contributed by atoms with Crippen molar-refractivity contribution in [1.29, 1.82) is 0 Å². The second-order valence-corrected chi connectivity index (χ2v) is 14.3. The van der Waals surface area contributed by atoms with Gasteiger partial charge in [0.15, 0.2) is 0 Å². The first-order valence-corrected chi connectivity index (χ1v) is 18.9. The number of benzene rings is 9. The molecule has 0 fully saturated rings. The van der Waals surface area contributed by atoms with E-state index in [0.29, 0.717) is 0 Å². The minimum atomic E-state index is 0.971. The topological polar surface area (TPSA) is 17.3 Å². The van der Waals surface area contributed by atoms with E-state index in [9.17, 15) is 0 Å². The summed E-state index contributed by atoms with van der Waals surface area (Å²) in [6.07, 6.45) is 0. The summed E-state index contributed by atoms with van der Waals surface area (Å²) in [6, 6.07) is 74.5. The molecule has 0 amide bonds. The van der Waals surface area contributed by atoms with E-state index in [2.05, 4.69) is 211 Å². The Morgan fingerprint density at radius 2 is 0.691 bits per heavy atom. The van der Waals surface area contributed by atoms with E-state index in [0.717, 1.165) is 44.7 Å². The molecule has 0 atom stereocenters. The highest BCUT2D eigenvalue weighted by atomic mass is 15.2. The second-order valence-electron chi connectivity index (χ2n) is 14.3. The molecular formula is C53H34N2. The fourth-order valence-corrected chi connectivity index (χ4v) is 8.72. The standard InChI is InChI=1S/C53H34N2/c1-4-16-36(17-5-1)50-51(38-18-6-2-7-19-38)54-55-52(39-20-8-3-9-21-39)49(46-26-14-15-27-47(46)53(50)55)37-30-28-35(29-31-37)40-32-33-45-43-24-11-10-22-41(43)42-23-12-13-25-44(42)48(45)34-40/h1-34H. The van der Waals surface area contributed by atoms with Crippen LogP contribution in [0.2, 0.25) is 0 Å². The van der Waals surface area contributed by atoms with Crippen LogP contribution in [-0.2, 0) is 0 Å². The molecule has 0 aliphatic heterocycles. The van der Waals surface area contributed by atoms with Crippen LogP contribution < -0.4 is 0 Å². The van der Waals surface area contributed by atoms with Crippen LogP contribution >= 0.6 is 0 Å². The quantitative estimate of drug-likeness (QED) is 0.164. The fourth-order valence-electron chi connectivity index (χ4n) is 8.72. The Kier molecular flexibility index (Phi) is 7.21. The summed E-state index contributed by atoms with van der Waals surface area (Å²) < 4.78 is 2.21. The monoisotopic (exact) mass is 698 g/mol. The van der Waals surface area contributed by atoms with E-state index < -0.39 is 0 Å². The zero-order valence-corrected chi connectivity index (χ0v) is 30.0. The largest absolute Gasteiger partial charge is 0.231 e. The lowest BCUT2D eigenvalue weighted by Crippen LogP contribution is -2.00. The van der Waals surface area contributed by atoms with E-state index in [4.69, 9.17) is 5.10 Å². The second kappa shape index (κ2) is 12.7. The Morgan fingerprint density at radius 3 is 1.29 bits per heavy atom. The van der Waals surface area contributed by atoms with Gasteiger partial charge in [0, 0.05) is 27.6 Å². The molecule has 2 heteroatoms. The molecule has 0 aliphatic rings. The zero-order chi connectivity index (χ0) is 36.3. The maximum absolute atomic E-state index is 5.53. The SMILES string of the molecule is c1ccc(-c2nn3c(-c4ccccc4)c(-c4ccc(-c5ccc6c7ccccc7c7ccccc7c6c5)cc4)c4ccccc4c3c2-c2ccccc2)cc1. The molecule has 0 saturated carbocycles. The summed E-state index contributed by atoms with van der Waals surface area (Å²) in [6.45, 7) is 0. The average molecular weight is 699 g/mol. The van der Waals surface area contributed by atoms with Crippen LogP contribution in [0, 0.1) is 0 Å². The molecular weight excluding hydrogens is 665 g/mol. The van der Waals surface area contributed by atoms with Crippen molar-refractivity contribution in [3.05, 3.63) is 206 Å². The molecule has 0 N–H and O–H groups in total. The van der Waals surface area contributed by atoms with Crippen molar-refractivity contribution in [1.82, 2.24) is 9.61 Å². The summed E-state index contributed by atoms with van der Waals surface area (Å²) in [4.78, 5) is 0. The van der Waals surface area contributed by atoms with Crippen LogP contribution in [0.15, 0.2) is 206 Å². The lowest BCUT2D eigenvalue weighted by atomic mass is 9.90. The van der Waals surface area contributed by atoms with Gasteiger partial charge in [0.2, 0.25) is 0 Å². The first-order chi connectivity index (χ1) is 27.3. The highest BCUT2D eigenvalue weighted by Gasteiger charge is 2.25. The number of pyridine rings is 1. The van der Waals surface area contributed by atoms with Gasteiger partial charge < -0.3 is 0 Å². The van der Waals surface area contributed by atoms with E-state index in [-0.39, 0.29) is 0 Å². The van der Waals surface area contributed by atoms with Crippen molar-refractivity contribution in [2.45, 2.75) is 0 Å². The maximum Gasteiger partial charge on any atom is 0.101 e. The van der Waals surface area contributed by atoms with Crippen molar-refractivity contribution < 1.29 is 0 Å². The van der Waals surface area contributed by atoms with Crippen molar-refractivity contribution in [2.75, 3.05) is 0 Å². The third kappa shape index (κ3) is 5.00. The minimum absolute atomic E-state index is 0.971. The summed E-state index contributed by atoms with van der Waals surface area (Å²) in [5, 5.41) is 15.6. The Hall–Kier alpha value is -7.29. The van der Waals surface area contributed by atoms with Gasteiger partial charge in [-0.2, -0.15) is 5.10 Å². The normalized spacial score (nSPS) is 11.6. The number of nitrogens with zero attached hydrogens (tertiary/aromatic N) is 2. The Morgan fingerprint density at radius 1 is 0.273 bits per heavy atom. The van der Waals surface area contributed by atoms with Gasteiger partial charge in [-0.3, -0.25) is 0 Å². The lowest BCUT2D eigenvalue weighted by molar-refractivity contribution is 0.981. The minimum Gasteiger partial charge on any atom is -0.231 e. The fraction of sp³-hybridized carbons (Fsp3) is 0. The molecule has 0 bridgehead atoms. The first-order valence-electron chi connectivity index (χ1n) is 18.9. The summed E-state index contributed by atoms with van der Waals surface area (Å²) in [5.74, 6) is 0. The Labute approximate surface area is 319 Å². The summed E-state index contributed by atoms with van der Waals surface area (Å²) >= 11 is 0. The molecule has 0 saturated heterocycles. The number of fused-ring (bicyclic) bond motifs is 9. The molecule has 2 nitrogen and oxygen atoms in total. The molecule has 2 heterocycles. The van der Waals surface area contributed by atoms with Gasteiger partial charge in [0.25, 0.3) is 0 Å². The molecule has 2 aromatic heterocycles. The molecule has 11 rings (SSSR count). The summed E-state index contributed by atoms with van der Waals surface area (Å²) in [7, 11) is 0. The van der Waals surface area contributed by atoms with E-state index in [1.807, 2.05) is 0 Å². The van der Waals surface area contributed by atoms with Crippen LogP contribution in [0.5, 0.6) is 0 Å². The van der Waals surface area contributed by atoms with Gasteiger partial charge in [-0.25, -0.2) is 4.52 Å². The molecule has 0 spiro atoms. The molecule has 256 valence electrons. The molecule has 0 radical (unpaired) electrons. The molecule has 0 aliphatic carbocycles. The Balaban J connectivity index is 1.16. The van der Waals surface area contributed by atoms with E-state index in [1.54, 1.807) is 0 Å². The van der Waals surface area contributed by atoms with Gasteiger partial charge in [-0.05, 0) is 66.0 Å². The van der Waals surface area contributed by atoms with Crippen molar-refractivity contribution in [3.63, 3.8) is 0 Å². The van der Waals surface area contributed by atoms with Crippen LogP contribution in [0.3, 0.4) is 0 Å². The van der Waals surface area contributed by atoms with Gasteiger partial charge in [-0.1, -0.05) is 200 Å².